The van der Waals surface area contributed by atoms with Gasteiger partial charge in [-0.2, -0.15) is 5.10 Å². The van der Waals surface area contributed by atoms with E-state index in [9.17, 15) is 9.59 Å². The Morgan fingerprint density at radius 3 is 2.56 bits per heavy atom. The number of piperidine rings is 1. The summed E-state index contributed by atoms with van der Waals surface area (Å²) in [5.41, 5.74) is 2.64. The molecule has 1 aliphatic rings. The van der Waals surface area contributed by atoms with Crippen molar-refractivity contribution in [3.63, 3.8) is 0 Å². The third kappa shape index (κ3) is 4.93. The molecule has 0 saturated carbocycles. The van der Waals surface area contributed by atoms with Gasteiger partial charge >= 0.3 is 0 Å². The van der Waals surface area contributed by atoms with E-state index in [2.05, 4.69) is 45.6 Å². The van der Waals surface area contributed by atoms with Gasteiger partial charge in [-0.05, 0) is 69.8 Å². The molecule has 1 fully saturated rings. The average molecular weight is 486 g/mol. The zero-order chi connectivity index (χ0) is 25.1. The zero-order valence-corrected chi connectivity index (χ0v) is 21.2. The number of hydrogen-bond donors (Lipinski definition) is 1. The molecule has 1 atom stereocenters. The number of rotatable bonds is 8. The number of carbonyl (C=O) groups is 1. The molecule has 5 rings (SSSR count). The largest absolute Gasteiger partial charge is 0.354 e. The van der Waals surface area contributed by atoms with Gasteiger partial charge in [0.15, 0.2) is 0 Å². The summed E-state index contributed by atoms with van der Waals surface area (Å²) in [4.78, 5) is 28.6. The first kappa shape index (κ1) is 24.3. The van der Waals surface area contributed by atoms with Gasteiger partial charge in [-0.15, -0.1) is 0 Å². The van der Waals surface area contributed by atoms with E-state index in [1.807, 2.05) is 35.8 Å². The Bertz CT molecular complexity index is 1400. The quantitative estimate of drug-likeness (QED) is 0.384. The number of aryl methyl sites for hydroxylation is 1. The Balaban J connectivity index is 1.16. The number of para-hydroxylation sites is 1. The number of carbonyl (C=O) groups excluding carboxylic acids is 1. The van der Waals surface area contributed by atoms with E-state index in [0.717, 1.165) is 48.3 Å². The monoisotopic (exact) mass is 485 g/mol. The summed E-state index contributed by atoms with van der Waals surface area (Å²) in [5.74, 6) is 0.691. The maximum Gasteiger partial charge on any atom is 0.291 e. The lowest BCUT2D eigenvalue weighted by atomic mass is 9.90. The third-order valence-electron chi connectivity index (χ3n) is 7.60. The van der Waals surface area contributed by atoms with E-state index < -0.39 is 6.04 Å². The summed E-state index contributed by atoms with van der Waals surface area (Å²) in [5, 5.41) is 9.01. The highest BCUT2D eigenvalue weighted by molar-refractivity contribution is 6.08. The van der Waals surface area contributed by atoms with Gasteiger partial charge in [0.2, 0.25) is 5.91 Å². The van der Waals surface area contributed by atoms with Gasteiger partial charge in [-0.3, -0.25) is 9.59 Å². The van der Waals surface area contributed by atoms with Gasteiger partial charge in [-0.1, -0.05) is 48.5 Å². The number of hydrogen-bond acceptors (Lipinski definition) is 4. The maximum atomic E-state index is 13.1. The Morgan fingerprint density at radius 1 is 1.06 bits per heavy atom. The summed E-state index contributed by atoms with van der Waals surface area (Å²) in [6.45, 7) is 5.73. The molecule has 0 aliphatic carbocycles. The molecule has 1 aliphatic heterocycles. The Kier molecular flexibility index (Phi) is 7.18. The SMILES string of the molecule is CC(C(=O)NCCCN1CCC(Cc2ccccc2)CC1)n1c2ccccc2c2cnn(C)c(=O)c21. The number of benzene rings is 2. The van der Waals surface area contributed by atoms with Crippen molar-refractivity contribution >= 4 is 27.7 Å². The second kappa shape index (κ2) is 10.7. The maximum absolute atomic E-state index is 13.1. The molecule has 0 spiro atoms. The van der Waals surface area contributed by atoms with Crippen LogP contribution in [-0.4, -0.2) is 51.3 Å². The molecule has 1 saturated heterocycles. The third-order valence-corrected chi connectivity index (χ3v) is 7.60. The van der Waals surface area contributed by atoms with Crippen LogP contribution in [0.1, 0.15) is 37.8 Å². The minimum Gasteiger partial charge on any atom is -0.354 e. The molecule has 1 N–H and O–H groups in total. The number of amides is 1. The fourth-order valence-electron chi connectivity index (χ4n) is 5.53. The van der Waals surface area contributed by atoms with E-state index in [0.29, 0.717) is 12.1 Å². The predicted molar refractivity (Wildman–Crippen MR) is 144 cm³/mol. The Labute approximate surface area is 211 Å². The molecular weight excluding hydrogens is 450 g/mol. The van der Waals surface area contributed by atoms with Crippen molar-refractivity contribution in [2.45, 2.75) is 38.6 Å². The van der Waals surface area contributed by atoms with Gasteiger partial charge in [-0.25, -0.2) is 4.68 Å². The predicted octanol–water partition coefficient (Wildman–Crippen LogP) is 3.91. The van der Waals surface area contributed by atoms with Crippen LogP contribution in [0.5, 0.6) is 0 Å². The molecule has 4 aromatic rings. The first-order chi connectivity index (χ1) is 17.5. The molecule has 0 bridgehead atoms. The molecule has 2 aromatic heterocycles. The van der Waals surface area contributed by atoms with Gasteiger partial charge in [0, 0.05) is 24.4 Å². The highest BCUT2D eigenvalue weighted by atomic mass is 16.2. The first-order valence-electron chi connectivity index (χ1n) is 13.0. The fourth-order valence-corrected chi connectivity index (χ4v) is 5.53. The number of likely N-dealkylation sites (tertiary alicyclic amines) is 1. The van der Waals surface area contributed by atoms with Gasteiger partial charge in [0.1, 0.15) is 11.6 Å². The lowest BCUT2D eigenvalue weighted by Crippen LogP contribution is -2.37. The normalized spacial score (nSPS) is 15.9. The second-order valence-electron chi connectivity index (χ2n) is 10.0. The highest BCUT2D eigenvalue weighted by Crippen LogP contribution is 2.29. The van der Waals surface area contributed by atoms with Crippen LogP contribution in [0.15, 0.2) is 65.6 Å². The fraction of sp³-hybridized carbons (Fsp3) is 0.414. The van der Waals surface area contributed by atoms with Crippen LogP contribution in [0.25, 0.3) is 21.8 Å². The molecular formula is C29H35N5O2. The number of aromatic nitrogens is 3. The number of fused-ring (bicyclic) bond motifs is 3. The number of nitrogens with zero attached hydrogens (tertiary/aromatic N) is 4. The van der Waals surface area contributed by atoms with Crippen LogP contribution in [0.2, 0.25) is 0 Å². The molecule has 36 heavy (non-hydrogen) atoms. The molecule has 0 radical (unpaired) electrons. The van der Waals surface area contributed by atoms with Crippen molar-refractivity contribution in [2.75, 3.05) is 26.2 Å². The van der Waals surface area contributed by atoms with Crippen molar-refractivity contribution in [2.24, 2.45) is 13.0 Å². The molecule has 2 aromatic carbocycles. The topological polar surface area (TPSA) is 72.2 Å². The van der Waals surface area contributed by atoms with Crippen LogP contribution in [-0.2, 0) is 18.3 Å². The van der Waals surface area contributed by atoms with Crippen molar-refractivity contribution in [3.8, 4) is 0 Å². The smallest absolute Gasteiger partial charge is 0.291 e. The van der Waals surface area contributed by atoms with Crippen LogP contribution in [0.3, 0.4) is 0 Å². The van der Waals surface area contributed by atoms with E-state index in [-0.39, 0.29) is 11.5 Å². The molecule has 1 unspecified atom stereocenters. The summed E-state index contributed by atoms with van der Waals surface area (Å²) >= 11 is 0. The van der Waals surface area contributed by atoms with Crippen LogP contribution in [0, 0.1) is 5.92 Å². The van der Waals surface area contributed by atoms with Gasteiger partial charge < -0.3 is 14.8 Å². The summed E-state index contributed by atoms with van der Waals surface area (Å²) in [6.07, 6.45) is 6.26. The molecule has 1 amide bonds. The minimum atomic E-state index is -0.503. The standard InChI is InChI=1S/C29H35N5O2/c1-21(34-26-12-7-6-11-24(26)25-20-31-32(2)29(36)27(25)34)28(35)30-15-8-16-33-17-13-23(14-18-33)19-22-9-4-3-5-10-22/h3-7,9-12,20-21,23H,8,13-19H2,1-2H3,(H,30,35). The van der Waals surface area contributed by atoms with Gasteiger partial charge in [0.25, 0.3) is 5.56 Å². The van der Waals surface area contributed by atoms with Crippen LogP contribution >= 0.6 is 0 Å². The molecule has 7 nitrogen and oxygen atoms in total. The summed E-state index contributed by atoms with van der Waals surface area (Å²) < 4.78 is 3.19. The lowest BCUT2D eigenvalue weighted by Gasteiger charge is -2.32. The van der Waals surface area contributed by atoms with Crippen molar-refractivity contribution in [1.82, 2.24) is 24.6 Å². The Morgan fingerprint density at radius 2 is 1.78 bits per heavy atom. The van der Waals surface area contributed by atoms with Crippen molar-refractivity contribution < 1.29 is 4.79 Å². The average Bonchev–Trinajstić information content (AvgIpc) is 3.24. The van der Waals surface area contributed by atoms with Crippen molar-refractivity contribution in [3.05, 3.63) is 76.7 Å². The van der Waals surface area contributed by atoms with E-state index in [1.54, 1.807) is 13.2 Å². The minimum absolute atomic E-state index is 0.0712. The summed E-state index contributed by atoms with van der Waals surface area (Å²) in [7, 11) is 1.64. The molecule has 7 heteroatoms. The van der Waals surface area contributed by atoms with E-state index >= 15 is 0 Å². The number of nitrogens with one attached hydrogen (secondary N) is 1. The van der Waals surface area contributed by atoms with Gasteiger partial charge in [0.05, 0.1) is 11.7 Å². The molecule has 3 heterocycles. The summed E-state index contributed by atoms with van der Waals surface area (Å²) in [6, 6.07) is 18.1. The second-order valence-corrected chi connectivity index (χ2v) is 10.0. The Hall–Kier alpha value is -3.45. The van der Waals surface area contributed by atoms with Crippen LogP contribution < -0.4 is 10.9 Å². The van der Waals surface area contributed by atoms with Crippen molar-refractivity contribution in [1.29, 1.82) is 0 Å². The highest BCUT2D eigenvalue weighted by Gasteiger charge is 2.23. The van der Waals surface area contributed by atoms with E-state index in [1.165, 1.54) is 29.5 Å². The zero-order valence-electron chi connectivity index (χ0n) is 21.2. The molecule has 188 valence electrons. The van der Waals surface area contributed by atoms with Crippen LogP contribution in [0.4, 0.5) is 0 Å². The van der Waals surface area contributed by atoms with E-state index in [4.69, 9.17) is 0 Å². The first-order valence-corrected chi connectivity index (χ1v) is 13.0. The lowest BCUT2D eigenvalue weighted by molar-refractivity contribution is -0.123.